The van der Waals surface area contributed by atoms with Crippen LogP contribution in [-0.2, 0) is 11.2 Å². The summed E-state index contributed by atoms with van der Waals surface area (Å²) >= 11 is 0. The van der Waals surface area contributed by atoms with E-state index in [4.69, 9.17) is 4.74 Å². The van der Waals surface area contributed by atoms with Gasteiger partial charge in [-0.1, -0.05) is 54.6 Å². The van der Waals surface area contributed by atoms with Gasteiger partial charge in [0.25, 0.3) is 0 Å². The van der Waals surface area contributed by atoms with Gasteiger partial charge >= 0.3 is 0 Å². The van der Waals surface area contributed by atoms with Crippen molar-refractivity contribution in [2.75, 3.05) is 45.9 Å². The minimum atomic E-state index is -0.342. The lowest BCUT2D eigenvalue weighted by Gasteiger charge is -2.35. The topological polar surface area (TPSA) is 15.7 Å². The normalized spacial score (nSPS) is 14.8. The lowest BCUT2D eigenvalue weighted by Crippen LogP contribution is -2.47. The van der Waals surface area contributed by atoms with E-state index in [0.717, 1.165) is 56.8 Å². The summed E-state index contributed by atoms with van der Waals surface area (Å²) in [5.74, 6) is -0.559. The van der Waals surface area contributed by atoms with Crippen LogP contribution in [0.25, 0.3) is 0 Å². The highest BCUT2D eigenvalue weighted by Gasteiger charge is 2.19. The fourth-order valence-electron chi connectivity index (χ4n) is 4.35. The highest BCUT2D eigenvalue weighted by Crippen LogP contribution is 2.26. The average molecular weight is 531 g/mol. The van der Waals surface area contributed by atoms with Crippen LogP contribution in [0.1, 0.15) is 29.2 Å². The molecule has 1 heterocycles. The maximum atomic E-state index is 13.4. The Morgan fingerprint density at radius 1 is 0.676 bits per heavy atom. The van der Waals surface area contributed by atoms with Gasteiger partial charge in [-0.15, -0.1) is 17.0 Å². The van der Waals surface area contributed by atoms with Crippen LogP contribution in [0.15, 0.2) is 78.9 Å². The molecule has 0 spiro atoms. The molecule has 0 amide bonds. The highest BCUT2D eigenvalue weighted by atomic mass is 79.9. The number of benzene rings is 3. The van der Waals surface area contributed by atoms with Crippen molar-refractivity contribution in [3.8, 4) is 0 Å². The van der Waals surface area contributed by atoms with E-state index in [2.05, 4.69) is 40.1 Å². The van der Waals surface area contributed by atoms with Crippen LogP contribution in [0.2, 0.25) is 0 Å². The zero-order valence-corrected chi connectivity index (χ0v) is 21.1. The third-order valence-corrected chi connectivity index (χ3v) is 6.29. The number of rotatable bonds is 10. The van der Waals surface area contributed by atoms with Crippen molar-refractivity contribution >= 4 is 17.0 Å². The van der Waals surface area contributed by atoms with Crippen LogP contribution in [0.3, 0.4) is 0 Å². The van der Waals surface area contributed by atoms with E-state index < -0.39 is 0 Å². The van der Waals surface area contributed by atoms with Crippen LogP contribution in [-0.4, -0.2) is 55.7 Å². The Hall–Kier alpha value is -2.12. The minimum Gasteiger partial charge on any atom is -0.367 e. The summed E-state index contributed by atoms with van der Waals surface area (Å²) in [7, 11) is 0. The SMILES string of the molecule is Br.Fc1ccc(C(OCCN2CCN(CCCc3ccccc3)CC2)c2ccc(F)cc2)cc1. The summed E-state index contributed by atoms with van der Waals surface area (Å²) < 4.78 is 33.0. The number of piperazine rings is 1. The highest BCUT2D eigenvalue weighted by molar-refractivity contribution is 8.93. The van der Waals surface area contributed by atoms with Crippen LogP contribution < -0.4 is 0 Å². The van der Waals surface area contributed by atoms with E-state index in [9.17, 15) is 8.78 Å². The molecule has 3 nitrogen and oxygen atoms in total. The fourth-order valence-corrected chi connectivity index (χ4v) is 4.35. The lowest BCUT2D eigenvalue weighted by atomic mass is 10.0. The number of hydrogen-bond acceptors (Lipinski definition) is 3. The van der Waals surface area contributed by atoms with Gasteiger partial charge in [0, 0.05) is 32.7 Å². The smallest absolute Gasteiger partial charge is 0.123 e. The van der Waals surface area contributed by atoms with E-state index >= 15 is 0 Å². The summed E-state index contributed by atoms with van der Waals surface area (Å²) in [6.45, 7) is 6.77. The van der Waals surface area contributed by atoms with Gasteiger partial charge in [-0.2, -0.15) is 0 Å². The van der Waals surface area contributed by atoms with Gasteiger partial charge in [0.2, 0.25) is 0 Å². The molecule has 1 aliphatic rings. The largest absolute Gasteiger partial charge is 0.367 e. The minimum absolute atomic E-state index is 0. The standard InChI is InChI=1S/C28H32F2N2O.BrH/c29-26-12-8-24(9-13-26)28(25-10-14-27(30)15-11-25)33-22-21-32-19-17-31(18-20-32)16-4-7-23-5-2-1-3-6-23;/h1-3,5-6,8-15,28H,4,7,16-22H2;1H. The molecule has 6 heteroatoms. The van der Waals surface area contributed by atoms with Crippen LogP contribution >= 0.6 is 17.0 Å². The van der Waals surface area contributed by atoms with E-state index in [0.29, 0.717) is 6.61 Å². The van der Waals surface area contributed by atoms with Crippen molar-refractivity contribution in [1.82, 2.24) is 9.80 Å². The molecule has 0 saturated carbocycles. The Bertz CT molecular complexity index is 916. The second-order valence-electron chi connectivity index (χ2n) is 8.63. The van der Waals surface area contributed by atoms with Crippen LogP contribution in [0.5, 0.6) is 0 Å². The first kappa shape index (κ1) is 26.5. The number of nitrogens with zero attached hydrogens (tertiary/aromatic N) is 2. The van der Waals surface area contributed by atoms with Crippen molar-refractivity contribution < 1.29 is 13.5 Å². The molecule has 0 bridgehead atoms. The average Bonchev–Trinajstić information content (AvgIpc) is 2.85. The summed E-state index contributed by atoms with van der Waals surface area (Å²) in [6, 6.07) is 23.3. The predicted molar refractivity (Wildman–Crippen MR) is 139 cm³/mol. The molecule has 3 aromatic carbocycles. The molecular formula is C28H33BrF2N2O. The van der Waals surface area contributed by atoms with Crippen molar-refractivity contribution in [1.29, 1.82) is 0 Å². The Balaban J connectivity index is 0.00000324. The third-order valence-electron chi connectivity index (χ3n) is 6.29. The van der Waals surface area contributed by atoms with Crippen LogP contribution in [0.4, 0.5) is 8.78 Å². The summed E-state index contributed by atoms with van der Waals surface area (Å²) in [5, 5.41) is 0. The molecule has 0 unspecified atom stereocenters. The van der Waals surface area contributed by atoms with Gasteiger partial charge < -0.3 is 9.64 Å². The molecule has 1 aliphatic heterocycles. The number of hydrogen-bond donors (Lipinski definition) is 0. The summed E-state index contributed by atoms with van der Waals surface area (Å²) in [6.07, 6.45) is 1.97. The van der Waals surface area contributed by atoms with E-state index in [1.807, 2.05) is 0 Å². The maximum Gasteiger partial charge on any atom is 0.123 e. The number of aryl methyl sites for hydroxylation is 1. The first-order valence-electron chi connectivity index (χ1n) is 11.8. The molecule has 34 heavy (non-hydrogen) atoms. The Morgan fingerprint density at radius 3 is 1.71 bits per heavy atom. The first-order valence-corrected chi connectivity index (χ1v) is 11.8. The second-order valence-corrected chi connectivity index (χ2v) is 8.63. The summed E-state index contributed by atoms with van der Waals surface area (Å²) in [5.41, 5.74) is 3.14. The van der Waals surface area contributed by atoms with E-state index in [1.165, 1.54) is 36.2 Å². The quantitative estimate of drug-likeness (QED) is 0.324. The third kappa shape index (κ3) is 7.98. The van der Waals surface area contributed by atoms with E-state index in [1.54, 1.807) is 24.3 Å². The summed E-state index contributed by atoms with van der Waals surface area (Å²) in [4.78, 5) is 4.97. The van der Waals surface area contributed by atoms with Crippen molar-refractivity contribution in [2.45, 2.75) is 18.9 Å². The molecule has 1 saturated heterocycles. The Morgan fingerprint density at radius 2 is 1.18 bits per heavy atom. The van der Waals surface area contributed by atoms with Crippen molar-refractivity contribution in [3.05, 3.63) is 107 Å². The molecule has 3 aromatic rings. The lowest BCUT2D eigenvalue weighted by molar-refractivity contribution is 0.0451. The molecular weight excluding hydrogens is 498 g/mol. The molecule has 4 rings (SSSR count). The molecule has 1 fully saturated rings. The molecule has 182 valence electrons. The van der Waals surface area contributed by atoms with Crippen molar-refractivity contribution in [3.63, 3.8) is 0 Å². The number of ether oxygens (including phenoxy) is 1. The second kappa shape index (κ2) is 13.7. The zero-order chi connectivity index (χ0) is 22.9. The Kier molecular flexibility index (Phi) is 10.7. The maximum absolute atomic E-state index is 13.4. The van der Waals surface area contributed by atoms with Gasteiger partial charge in [-0.25, -0.2) is 8.78 Å². The zero-order valence-electron chi connectivity index (χ0n) is 19.4. The molecule has 0 atom stereocenters. The Labute approximate surface area is 212 Å². The van der Waals surface area contributed by atoms with Gasteiger partial charge in [0.1, 0.15) is 17.7 Å². The number of halogens is 3. The van der Waals surface area contributed by atoms with E-state index in [-0.39, 0.29) is 34.7 Å². The van der Waals surface area contributed by atoms with Gasteiger partial charge in [-0.3, -0.25) is 4.90 Å². The molecule has 0 aliphatic carbocycles. The first-order chi connectivity index (χ1) is 16.2. The predicted octanol–water partition coefficient (Wildman–Crippen LogP) is 5.90. The van der Waals surface area contributed by atoms with Gasteiger partial charge in [0.15, 0.2) is 0 Å². The molecule has 0 N–H and O–H groups in total. The molecule has 0 aromatic heterocycles. The molecule has 0 radical (unpaired) electrons. The van der Waals surface area contributed by atoms with Gasteiger partial charge in [-0.05, 0) is 60.3 Å². The fraction of sp³-hybridized carbons (Fsp3) is 0.357. The monoisotopic (exact) mass is 530 g/mol. The van der Waals surface area contributed by atoms with Gasteiger partial charge in [0.05, 0.1) is 6.61 Å². The van der Waals surface area contributed by atoms with Crippen LogP contribution in [0, 0.1) is 11.6 Å². The van der Waals surface area contributed by atoms with Crippen molar-refractivity contribution in [2.24, 2.45) is 0 Å².